The molecule has 1 aromatic rings. The third kappa shape index (κ3) is 4.23. The molecule has 0 spiro atoms. The van der Waals surface area contributed by atoms with E-state index in [-0.39, 0.29) is 11.9 Å². The average Bonchev–Trinajstić information content (AvgIpc) is 3.46. The van der Waals surface area contributed by atoms with Crippen LogP contribution in [-0.2, 0) is 20.5 Å². The summed E-state index contributed by atoms with van der Waals surface area (Å²) in [6, 6.07) is 0. The second kappa shape index (κ2) is 8.60. The lowest BCUT2D eigenvalue weighted by atomic mass is 10.0. The van der Waals surface area contributed by atoms with Gasteiger partial charge >= 0.3 is 7.60 Å². The number of hydrogen-bond donors (Lipinski definition) is 4. The Bertz CT molecular complexity index is 961. The van der Waals surface area contributed by atoms with E-state index in [0.717, 1.165) is 24.5 Å². The first kappa shape index (κ1) is 22.7. The summed E-state index contributed by atoms with van der Waals surface area (Å²) >= 11 is 6.28. The van der Waals surface area contributed by atoms with Crippen LogP contribution < -0.4 is 4.90 Å². The lowest BCUT2D eigenvalue weighted by molar-refractivity contribution is -0.0290. The van der Waals surface area contributed by atoms with Crippen LogP contribution in [0.2, 0.25) is 5.28 Å². The van der Waals surface area contributed by atoms with Gasteiger partial charge in [0.25, 0.3) is 0 Å². The molecule has 4 aliphatic rings. The van der Waals surface area contributed by atoms with Crippen LogP contribution in [0.3, 0.4) is 0 Å². The maximum absolute atomic E-state index is 11.0. The van der Waals surface area contributed by atoms with Crippen LogP contribution in [0.5, 0.6) is 0 Å². The number of nitrogens with zero attached hydrogens (tertiary/aromatic N) is 3. The predicted molar refractivity (Wildman–Crippen MR) is 115 cm³/mol. The molecule has 0 radical (unpaired) electrons. The number of aromatic nitrogens is 2. The van der Waals surface area contributed by atoms with Crippen molar-refractivity contribution in [3.05, 3.63) is 22.6 Å². The van der Waals surface area contributed by atoms with Gasteiger partial charge in [-0.1, -0.05) is 12.5 Å². The largest absolute Gasteiger partial charge is 0.387 e. The van der Waals surface area contributed by atoms with Crippen LogP contribution in [0.25, 0.3) is 5.57 Å². The molecule has 5 rings (SSSR count). The fraction of sp³-hybridized carbons (Fsp3) is 0.700. The second-order valence-electron chi connectivity index (χ2n) is 9.10. The zero-order valence-corrected chi connectivity index (χ0v) is 19.0. The lowest BCUT2D eigenvalue weighted by Crippen LogP contribution is -2.34. The van der Waals surface area contributed by atoms with Gasteiger partial charge in [0.15, 0.2) is 0 Å². The second-order valence-corrected chi connectivity index (χ2v) is 11.0. The highest BCUT2D eigenvalue weighted by atomic mass is 35.5. The Morgan fingerprint density at radius 2 is 1.91 bits per heavy atom. The van der Waals surface area contributed by atoms with Gasteiger partial charge in [-0.05, 0) is 42.7 Å². The third-order valence-electron chi connectivity index (χ3n) is 6.99. The Balaban J connectivity index is 1.34. The predicted octanol–water partition coefficient (Wildman–Crippen LogP) is 0.947. The molecular weight excluding hydrogens is 461 g/mol. The van der Waals surface area contributed by atoms with Gasteiger partial charge in [-0.15, -0.1) is 0 Å². The number of ether oxygens (including phenoxy) is 2. The molecule has 0 amide bonds. The van der Waals surface area contributed by atoms with E-state index >= 15 is 0 Å². The zero-order chi connectivity index (χ0) is 22.6. The Morgan fingerprint density at radius 1 is 1.19 bits per heavy atom. The maximum atomic E-state index is 11.0. The highest BCUT2D eigenvalue weighted by molar-refractivity contribution is 7.51. The van der Waals surface area contributed by atoms with Crippen LogP contribution in [0.1, 0.15) is 30.5 Å². The standard InChI is InChI=1S/C20H27ClN3O7P/c21-20-22-15-12(18-17(26)16(25)14(31-18)8-30-9-32(27,28)29)4-5-13(15)19(23-20)24-6-10-2-1-3-11(10)7-24/h4,10-11,14,16-18,25-26H,1-3,5-9H2,(H2,27,28,29)/t10?,11?,14-,16-,17-,18-/m1/s1. The van der Waals surface area contributed by atoms with Gasteiger partial charge in [-0.2, -0.15) is 0 Å². The van der Waals surface area contributed by atoms with Gasteiger partial charge in [-0.3, -0.25) is 4.57 Å². The lowest BCUT2D eigenvalue weighted by Gasteiger charge is -2.22. The molecule has 176 valence electrons. The summed E-state index contributed by atoms with van der Waals surface area (Å²) in [4.78, 5) is 29.1. The number of anilines is 1. The molecule has 0 bridgehead atoms. The van der Waals surface area contributed by atoms with Crippen LogP contribution in [0.15, 0.2) is 6.08 Å². The van der Waals surface area contributed by atoms with E-state index in [1.54, 1.807) is 0 Å². The van der Waals surface area contributed by atoms with Crippen molar-refractivity contribution in [2.24, 2.45) is 11.8 Å². The average molecular weight is 488 g/mol. The summed E-state index contributed by atoms with van der Waals surface area (Å²) in [6.07, 6.45) is 1.20. The van der Waals surface area contributed by atoms with Gasteiger partial charge in [0, 0.05) is 24.2 Å². The molecule has 12 heteroatoms. The van der Waals surface area contributed by atoms with E-state index in [9.17, 15) is 14.8 Å². The molecule has 1 saturated carbocycles. The van der Waals surface area contributed by atoms with Crippen molar-refractivity contribution < 1.29 is 34.0 Å². The molecule has 2 aliphatic heterocycles. The fourth-order valence-electron chi connectivity index (χ4n) is 5.53. The van der Waals surface area contributed by atoms with Crippen molar-refractivity contribution in [1.82, 2.24) is 9.97 Å². The molecule has 2 aliphatic carbocycles. The van der Waals surface area contributed by atoms with Crippen molar-refractivity contribution in [3.8, 4) is 0 Å². The van der Waals surface area contributed by atoms with E-state index in [4.69, 9.17) is 30.9 Å². The van der Waals surface area contributed by atoms with Crippen molar-refractivity contribution >= 4 is 30.6 Å². The van der Waals surface area contributed by atoms with Gasteiger partial charge in [0.1, 0.15) is 36.6 Å². The van der Waals surface area contributed by atoms with Crippen LogP contribution in [0, 0.1) is 11.8 Å². The monoisotopic (exact) mass is 487 g/mol. The first-order valence-corrected chi connectivity index (χ1v) is 13.0. The van der Waals surface area contributed by atoms with E-state index < -0.39 is 38.4 Å². The van der Waals surface area contributed by atoms with E-state index in [2.05, 4.69) is 14.9 Å². The first-order valence-electron chi connectivity index (χ1n) is 10.9. The van der Waals surface area contributed by atoms with Crippen molar-refractivity contribution in [1.29, 1.82) is 0 Å². The van der Waals surface area contributed by atoms with Gasteiger partial charge in [0.2, 0.25) is 5.28 Å². The number of halogens is 1. The molecule has 6 atom stereocenters. The first-order chi connectivity index (χ1) is 15.2. The molecule has 10 nitrogen and oxygen atoms in total. The minimum absolute atomic E-state index is 0.123. The van der Waals surface area contributed by atoms with E-state index in [1.165, 1.54) is 19.3 Å². The van der Waals surface area contributed by atoms with Crippen molar-refractivity contribution in [2.45, 2.75) is 50.1 Å². The van der Waals surface area contributed by atoms with Gasteiger partial charge < -0.3 is 34.4 Å². The van der Waals surface area contributed by atoms with Gasteiger partial charge in [-0.25, -0.2) is 9.97 Å². The molecule has 2 saturated heterocycles. The molecule has 1 aromatic heterocycles. The number of allylic oxidation sites excluding steroid dienone is 1. The van der Waals surface area contributed by atoms with Gasteiger partial charge in [0.05, 0.1) is 12.3 Å². The topological polar surface area (TPSA) is 145 Å². The molecule has 32 heavy (non-hydrogen) atoms. The minimum Gasteiger partial charge on any atom is -0.387 e. The highest BCUT2D eigenvalue weighted by Crippen LogP contribution is 2.44. The summed E-state index contributed by atoms with van der Waals surface area (Å²) < 4.78 is 21.8. The number of aliphatic hydroxyl groups excluding tert-OH is 2. The maximum Gasteiger partial charge on any atom is 0.350 e. The molecule has 0 aromatic carbocycles. The molecular formula is C20H27ClN3O7P. The Labute approximate surface area is 190 Å². The normalized spacial score (nSPS) is 34.2. The van der Waals surface area contributed by atoms with Crippen molar-refractivity contribution in [3.63, 3.8) is 0 Å². The summed E-state index contributed by atoms with van der Waals surface area (Å²) in [5.41, 5.74) is 2.19. The van der Waals surface area contributed by atoms with E-state index in [1.807, 2.05) is 6.08 Å². The number of fused-ring (bicyclic) bond motifs is 2. The van der Waals surface area contributed by atoms with Crippen LogP contribution >= 0.6 is 19.2 Å². The number of aliphatic hydroxyl groups is 2. The molecule has 2 unspecified atom stereocenters. The Hall–Kier alpha value is -1.10. The fourth-order valence-corrected chi connectivity index (χ4v) is 6.04. The third-order valence-corrected chi connectivity index (χ3v) is 7.68. The number of rotatable bonds is 6. The summed E-state index contributed by atoms with van der Waals surface area (Å²) in [6.45, 7) is 1.66. The SMILES string of the molecule is O=P(O)(O)COC[C@H]1O[C@H](C2=CCc3c2nc(Cl)nc3N2CC3CCCC3C2)[C@H](O)[C@@H]1O. The Morgan fingerprint density at radius 3 is 2.59 bits per heavy atom. The van der Waals surface area contributed by atoms with E-state index in [0.29, 0.717) is 29.5 Å². The molecule has 3 heterocycles. The highest BCUT2D eigenvalue weighted by Gasteiger charge is 2.47. The minimum atomic E-state index is -4.34. The molecule has 4 N–H and O–H groups in total. The number of hydrogen-bond acceptors (Lipinski definition) is 8. The quantitative estimate of drug-likeness (QED) is 0.338. The summed E-state index contributed by atoms with van der Waals surface area (Å²) in [5.74, 6) is 2.21. The summed E-state index contributed by atoms with van der Waals surface area (Å²) in [7, 11) is -4.34. The Kier molecular flexibility index (Phi) is 6.09. The zero-order valence-electron chi connectivity index (χ0n) is 17.4. The van der Waals surface area contributed by atoms with Crippen LogP contribution in [-0.4, -0.2) is 80.4 Å². The van der Waals surface area contributed by atoms with Crippen LogP contribution in [0.4, 0.5) is 5.82 Å². The van der Waals surface area contributed by atoms with Crippen molar-refractivity contribution in [2.75, 3.05) is 30.9 Å². The summed E-state index contributed by atoms with van der Waals surface area (Å²) in [5, 5.41) is 21.1. The molecule has 3 fully saturated rings. The smallest absolute Gasteiger partial charge is 0.350 e.